The van der Waals surface area contributed by atoms with E-state index in [-0.39, 0.29) is 23.2 Å². The number of Topliss-reactive ketones (excluding diaryl/α,β-unsaturated/α-hetero) is 1. The lowest BCUT2D eigenvalue weighted by atomic mass is 9.89. The molecule has 0 saturated heterocycles. The molecule has 31 heavy (non-hydrogen) atoms. The number of nitrogens with one attached hydrogen (secondary N) is 1. The Morgan fingerprint density at radius 3 is 2.77 bits per heavy atom. The fourth-order valence-electron chi connectivity index (χ4n) is 4.15. The van der Waals surface area contributed by atoms with Crippen molar-refractivity contribution in [2.24, 2.45) is 5.92 Å². The maximum atomic E-state index is 12.8. The minimum absolute atomic E-state index is 0.0540. The molecular formula is C20H22N6O3S2. The van der Waals surface area contributed by atoms with Crippen molar-refractivity contribution in [3.05, 3.63) is 36.8 Å². The van der Waals surface area contributed by atoms with E-state index in [1.54, 1.807) is 11.3 Å². The second-order valence-corrected chi connectivity index (χ2v) is 10.3. The number of ketones is 1. The first-order valence-corrected chi connectivity index (χ1v) is 12.0. The lowest BCUT2D eigenvalue weighted by Gasteiger charge is -2.17. The smallest absolute Gasteiger partial charge is 0.330 e. The van der Waals surface area contributed by atoms with Crippen LogP contribution in [0.25, 0.3) is 10.2 Å². The van der Waals surface area contributed by atoms with Gasteiger partial charge in [0.1, 0.15) is 22.0 Å². The highest BCUT2D eigenvalue weighted by atomic mass is 32.2. The highest BCUT2D eigenvalue weighted by molar-refractivity contribution is 7.99. The number of H-pyrrole nitrogens is 1. The number of carbonyl (C=O) groups is 1. The molecule has 9 nitrogen and oxygen atoms in total. The number of hydrogen-bond donors (Lipinski definition) is 3. The van der Waals surface area contributed by atoms with E-state index < -0.39 is 17.0 Å². The molecular weight excluding hydrogens is 436 g/mol. The quantitative estimate of drug-likeness (QED) is 0.299. The van der Waals surface area contributed by atoms with E-state index >= 15 is 0 Å². The summed E-state index contributed by atoms with van der Waals surface area (Å²) in [5.41, 5.74) is 12.0. The van der Waals surface area contributed by atoms with E-state index in [9.17, 15) is 14.4 Å². The molecule has 0 aromatic carbocycles. The zero-order chi connectivity index (χ0) is 21.9. The van der Waals surface area contributed by atoms with E-state index in [1.165, 1.54) is 15.0 Å². The largest absolute Gasteiger partial charge is 0.384 e. The summed E-state index contributed by atoms with van der Waals surface area (Å²) in [5.74, 6) is 0.441. The first-order chi connectivity index (χ1) is 14.8. The van der Waals surface area contributed by atoms with Crippen LogP contribution in [-0.2, 0) is 12.8 Å². The third kappa shape index (κ3) is 3.55. The van der Waals surface area contributed by atoms with Crippen molar-refractivity contribution >= 4 is 50.7 Å². The van der Waals surface area contributed by atoms with Crippen LogP contribution >= 0.6 is 23.1 Å². The average molecular weight is 459 g/mol. The van der Waals surface area contributed by atoms with Gasteiger partial charge in [-0.2, -0.15) is 0 Å². The second kappa shape index (κ2) is 7.49. The lowest BCUT2D eigenvalue weighted by Crippen LogP contribution is -2.36. The van der Waals surface area contributed by atoms with Gasteiger partial charge in [0.05, 0.1) is 11.1 Å². The van der Waals surface area contributed by atoms with Crippen molar-refractivity contribution in [1.29, 1.82) is 0 Å². The number of hydrogen-bond acceptors (Lipinski definition) is 9. The van der Waals surface area contributed by atoms with Gasteiger partial charge < -0.3 is 11.5 Å². The Balaban J connectivity index is 1.42. The van der Waals surface area contributed by atoms with E-state index in [2.05, 4.69) is 21.9 Å². The van der Waals surface area contributed by atoms with Crippen LogP contribution in [0.3, 0.4) is 0 Å². The molecule has 0 spiro atoms. The van der Waals surface area contributed by atoms with Crippen LogP contribution in [0.1, 0.15) is 53.0 Å². The number of nitrogens with zero attached hydrogens (tertiary/aromatic N) is 3. The Hall–Kier alpha value is -2.66. The number of anilines is 2. The van der Waals surface area contributed by atoms with Gasteiger partial charge in [0.2, 0.25) is 0 Å². The highest BCUT2D eigenvalue weighted by Crippen LogP contribution is 2.40. The molecule has 1 saturated carbocycles. The number of aryl methyl sites for hydroxylation is 1. The molecule has 3 aromatic heterocycles. The van der Waals surface area contributed by atoms with Crippen molar-refractivity contribution in [3.63, 3.8) is 0 Å². The summed E-state index contributed by atoms with van der Waals surface area (Å²) in [5, 5.41) is 1.32. The maximum Gasteiger partial charge on any atom is 0.330 e. The lowest BCUT2D eigenvalue weighted by molar-refractivity contribution is 0.102. The zero-order valence-electron chi connectivity index (χ0n) is 16.9. The summed E-state index contributed by atoms with van der Waals surface area (Å²) < 4.78 is 1.30. The van der Waals surface area contributed by atoms with Crippen LogP contribution in [0.15, 0.2) is 14.7 Å². The number of thiophene rings is 1. The van der Waals surface area contributed by atoms with E-state index in [0.29, 0.717) is 16.9 Å². The van der Waals surface area contributed by atoms with Crippen LogP contribution in [0.5, 0.6) is 0 Å². The van der Waals surface area contributed by atoms with Crippen molar-refractivity contribution in [1.82, 2.24) is 19.5 Å². The van der Waals surface area contributed by atoms with Crippen LogP contribution in [0.2, 0.25) is 0 Å². The number of fused-ring (bicyclic) bond motifs is 3. The highest BCUT2D eigenvalue weighted by Gasteiger charge is 2.30. The van der Waals surface area contributed by atoms with Crippen LogP contribution in [0.4, 0.5) is 11.6 Å². The molecule has 1 unspecified atom stereocenters. The molecule has 162 valence electrons. The van der Waals surface area contributed by atoms with E-state index in [1.807, 2.05) is 0 Å². The van der Waals surface area contributed by atoms with Crippen molar-refractivity contribution in [2.75, 3.05) is 17.2 Å². The van der Waals surface area contributed by atoms with Gasteiger partial charge in [-0.15, -0.1) is 11.3 Å². The van der Waals surface area contributed by atoms with Gasteiger partial charge in [-0.25, -0.2) is 14.8 Å². The van der Waals surface area contributed by atoms with E-state index in [0.717, 1.165) is 54.1 Å². The third-order valence-corrected chi connectivity index (χ3v) is 7.86. The summed E-state index contributed by atoms with van der Waals surface area (Å²) >= 11 is 2.75. The Bertz CT molecular complexity index is 1340. The summed E-state index contributed by atoms with van der Waals surface area (Å²) in [6, 6.07) is -0.0540. The molecule has 5 N–H and O–H groups in total. The molecule has 1 fully saturated rings. The molecule has 0 amide bonds. The number of nitrogens with two attached hydrogens (primary N) is 2. The Morgan fingerprint density at radius 1 is 1.26 bits per heavy atom. The Labute approximate surface area is 185 Å². The number of rotatable bonds is 5. The van der Waals surface area contributed by atoms with Gasteiger partial charge in [-0.05, 0) is 43.6 Å². The number of carbonyl (C=O) groups excluding carboxylic acids is 1. The summed E-state index contributed by atoms with van der Waals surface area (Å²) in [6.07, 6.45) is 4.73. The first-order valence-electron chi connectivity index (χ1n) is 10.2. The molecule has 2 aliphatic carbocycles. The van der Waals surface area contributed by atoms with Gasteiger partial charge in [-0.3, -0.25) is 19.1 Å². The molecule has 1 atom stereocenters. The van der Waals surface area contributed by atoms with Gasteiger partial charge >= 0.3 is 5.69 Å². The predicted octanol–water partition coefficient (Wildman–Crippen LogP) is 2.14. The molecule has 5 rings (SSSR count). The van der Waals surface area contributed by atoms with Crippen molar-refractivity contribution in [3.8, 4) is 0 Å². The summed E-state index contributed by atoms with van der Waals surface area (Å²) in [7, 11) is 0. The number of nitrogen functional groups attached to an aromatic ring is 2. The topological polar surface area (TPSA) is 150 Å². The maximum absolute atomic E-state index is 12.8. The van der Waals surface area contributed by atoms with E-state index in [4.69, 9.17) is 11.5 Å². The molecule has 11 heteroatoms. The molecule has 0 bridgehead atoms. The minimum Gasteiger partial charge on any atom is -0.384 e. The number of aromatic nitrogens is 4. The molecule has 3 aromatic rings. The minimum atomic E-state index is -0.763. The van der Waals surface area contributed by atoms with Gasteiger partial charge in [0.25, 0.3) is 5.56 Å². The third-order valence-electron chi connectivity index (χ3n) is 5.87. The standard InChI is InChI=1S/C20H22N6O3S2/c1-8-2-5-10-12(6-8)31-18-13(10)15(21)23-19(25-18)30-7-11(27)14-16(22)26(9-3-4-9)20(29)24-17(14)28/h8-9H,2-7,22H2,1H3,(H2,21,23,25)(H,24,28,29). The summed E-state index contributed by atoms with van der Waals surface area (Å²) in [6.45, 7) is 2.25. The van der Waals surface area contributed by atoms with Gasteiger partial charge in [0, 0.05) is 10.9 Å². The van der Waals surface area contributed by atoms with Crippen LogP contribution in [-0.4, -0.2) is 31.1 Å². The number of aromatic amines is 1. The predicted molar refractivity (Wildman–Crippen MR) is 122 cm³/mol. The molecule has 0 radical (unpaired) electrons. The second-order valence-electron chi connectivity index (χ2n) is 8.26. The van der Waals surface area contributed by atoms with Crippen molar-refractivity contribution < 1.29 is 4.79 Å². The average Bonchev–Trinajstić information content (AvgIpc) is 3.45. The Kier molecular flexibility index (Phi) is 4.89. The Morgan fingerprint density at radius 2 is 2.03 bits per heavy atom. The first kappa shape index (κ1) is 20.3. The normalized spacial score (nSPS) is 18.3. The fraction of sp³-hybridized carbons (Fsp3) is 0.450. The molecule has 0 aliphatic heterocycles. The van der Waals surface area contributed by atoms with Gasteiger partial charge in [0.15, 0.2) is 10.9 Å². The van der Waals surface area contributed by atoms with Crippen LogP contribution in [0, 0.1) is 5.92 Å². The zero-order valence-corrected chi connectivity index (χ0v) is 18.6. The monoisotopic (exact) mass is 458 g/mol. The molecule has 3 heterocycles. The fourth-order valence-corrected chi connectivity index (χ4v) is 6.32. The van der Waals surface area contributed by atoms with Crippen LogP contribution < -0.4 is 22.7 Å². The van der Waals surface area contributed by atoms with Crippen molar-refractivity contribution in [2.45, 2.75) is 50.2 Å². The number of thioether (sulfide) groups is 1. The van der Waals surface area contributed by atoms with Gasteiger partial charge in [-0.1, -0.05) is 18.7 Å². The molecule has 2 aliphatic rings. The SMILES string of the molecule is CC1CCc2c(sc3nc(SCC(=O)c4c(N)n(C5CC5)c(=O)[nH]c4=O)nc(N)c23)C1. The summed E-state index contributed by atoms with van der Waals surface area (Å²) in [4.78, 5) is 50.4.